The van der Waals surface area contributed by atoms with Crippen LogP contribution in [0.4, 0.5) is 0 Å². The molecule has 164 valence electrons. The van der Waals surface area contributed by atoms with Crippen molar-refractivity contribution in [3.05, 3.63) is 0 Å². The molecular formula is C20H38IN3O3S. The predicted molar refractivity (Wildman–Crippen MR) is 125 cm³/mol. The monoisotopic (exact) mass is 527 g/mol. The van der Waals surface area contributed by atoms with Gasteiger partial charge < -0.3 is 15.0 Å². The van der Waals surface area contributed by atoms with E-state index < -0.39 is 9.84 Å². The molecule has 3 heterocycles. The lowest BCUT2D eigenvalue weighted by molar-refractivity contribution is 0.0187. The lowest BCUT2D eigenvalue weighted by Gasteiger charge is -2.43. The number of halogens is 1. The van der Waals surface area contributed by atoms with Gasteiger partial charge in [0.2, 0.25) is 0 Å². The lowest BCUT2D eigenvalue weighted by atomic mass is 9.79. The number of aliphatic imine (C=N–C) groups is 1. The first-order chi connectivity index (χ1) is 12.7. The number of hydrogen-bond donors (Lipinski definition) is 1. The molecule has 0 aromatic rings. The van der Waals surface area contributed by atoms with Crippen molar-refractivity contribution in [3.8, 4) is 0 Å². The SMILES string of the molecule is CC1CN(C(=NCC2CCS(=O)(=O)C2)NCC2CCCCO2)CC(C)(C)C1.I. The highest BCUT2D eigenvalue weighted by molar-refractivity contribution is 14.0. The van der Waals surface area contributed by atoms with Crippen LogP contribution in [0.1, 0.15) is 52.9 Å². The van der Waals surface area contributed by atoms with Gasteiger partial charge in [-0.2, -0.15) is 0 Å². The Kier molecular flexibility index (Phi) is 8.88. The molecule has 0 amide bonds. The van der Waals surface area contributed by atoms with Crippen molar-refractivity contribution in [2.45, 2.75) is 59.0 Å². The van der Waals surface area contributed by atoms with E-state index in [1.165, 1.54) is 12.8 Å². The number of piperidine rings is 1. The quantitative estimate of drug-likeness (QED) is 0.346. The highest BCUT2D eigenvalue weighted by Crippen LogP contribution is 2.32. The molecule has 3 aliphatic heterocycles. The van der Waals surface area contributed by atoms with Crippen LogP contribution in [0.2, 0.25) is 0 Å². The van der Waals surface area contributed by atoms with E-state index >= 15 is 0 Å². The Bertz CT molecular complexity index is 633. The van der Waals surface area contributed by atoms with Crippen molar-refractivity contribution in [3.63, 3.8) is 0 Å². The summed E-state index contributed by atoms with van der Waals surface area (Å²) in [6.45, 7) is 11.2. The molecule has 0 saturated carbocycles. The Morgan fingerprint density at radius 1 is 1.29 bits per heavy atom. The van der Waals surface area contributed by atoms with Crippen molar-refractivity contribution in [1.29, 1.82) is 0 Å². The summed E-state index contributed by atoms with van der Waals surface area (Å²) in [5.41, 5.74) is 0.262. The van der Waals surface area contributed by atoms with Gasteiger partial charge in [0.05, 0.1) is 17.6 Å². The molecule has 0 aliphatic carbocycles. The molecule has 3 unspecified atom stereocenters. The number of hydrogen-bond acceptors (Lipinski definition) is 4. The van der Waals surface area contributed by atoms with Gasteiger partial charge in [-0.1, -0.05) is 20.8 Å². The molecule has 3 saturated heterocycles. The van der Waals surface area contributed by atoms with E-state index in [4.69, 9.17) is 9.73 Å². The number of rotatable bonds is 4. The van der Waals surface area contributed by atoms with Crippen LogP contribution in [0.3, 0.4) is 0 Å². The molecule has 28 heavy (non-hydrogen) atoms. The fourth-order valence-corrected chi connectivity index (χ4v) is 6.71. The molecule has 0 spiro atoms. The summed E-state index contributed by atoms with van der Waals surface area (Å²) >= 11 is 0. The molecule has 0 bridgehead atoms. The van der Waals surface area contributed by atoms with Crippen LogP contribution in [0.25, 0.3) is 0 Å². The Morgan fingerprint density at radius 3 is 2.68 bits per heavy atom. The van der Waals surface area contributed by atoms with Crippen molar-refractivity contribution in [2.75, 3.05) is 44.3 Å². The Labute approximate surface area is 188 Å². The van der Waals surface area contributed by atoms with E-state index in [0.717, 1.165) is 51.5 Å². The molecule has 8 heteroatoms. The van der Waals surface area contributed by atoms with E-state index in [1.807, 2.05) is 0 Å². The first-order valence-corrected chi connectivity index (χ1v) is 12.4. The minimum absolute atomic E-state index is 0. The fraction of sp³-hybridized carbons (Fsp3) is 0.950. The highest BCUT2D eigenvalue weighted by atomic mass is 127. The first kappa shape index (κ1) is 24.2. The van der Waals surface area contributed by atoms with Gasteiger partial charge in [-0.15, -0.1) is 24.0 Å². The minimum Gasteiger partial charge on any atom is -0.376 e. The molecule has 0 radical (unpaired) electrons. The van der Waals surface area contributed by atoms with Gasteiger partial charge in [0.1, 0.15) is 0 Å². The maximum atomic E-state index is 11.8. The summed E-state index contributed by atoms with van der Waals surface area (Å²) in [5, 5.41) is 3.56. The van der Waals surface area contributed by atoms with Crippen LogP contribution in [-0.2, 0) is 14.6 Å². The lowest BCUT2D eigenvalue weighted by Crippen LogP contribution is -2.53. The van der Waals surface area contributed by atoms with Gasteiger partial charge >= 0.3 is 0 Å². The van der Waals surface area contributed by atoms with Gasteiger partial charge in [-0.05, 0) is 49.4 Å². The van der Waals surface area contributed by atoms with E-state index in [2.05, 4.69) is 31.0 Å². The van der Waals surface area contributed by atoms with Crippen LogP contribution < -0.4 is 5.32 Å². The molecule has 3 fully saturated rings. The van der Waals surface area contributed by atoms with Crippen molar-refractivity contribution < 1.29 is 13.2 Å². The van der Waals surface area contributed by atoms with E-state index in [0.29, 0.717) is 18.2 Å². The molecular weight excluding hydrogens is 489 g/mol. The zero-order valence-electron chi connectivity index (χ0n) is 17.7. The molecule has 0 aromatic carbocycles. The van der Waals surface area contributed by atoms with Crippen LogP contribution in [0.5, 0.6) is 0 Å². The Balaban J connectivity index is 0.00000280. The second kappa shape index (κ2) is 10.3. The highest BCUT2D eigenvalue weighted by Gasteiger charge is 2.33. The molecule has 3 rings (SSSR count). The largest absolute Gasteiger partial charge is 0.376 e. The second-order valence-electron chi connectivity index (χ2n) is 9.66. The Hall–Kier alpha value is -0.0900. The summed E-state index contributed by atoms with van der Waals surface area (Å²) in [5.74, 6) is 2.33. The summed E-state index contributed by atoms with van der Waals surface area (Å²) in [6.07, 6.45) is 5.71. The number of nitrogens with one attached hydrogen (secondary N) is 1. The Morgan fingerprint density at radius 2 is 2.07 bits per heavy atom. The summed E-state index contributed by atoms with van der Waals surface area (Å²) in [6, 6.07) is 0. The first-order valence-electron chi connectivity index (χ1n) is 10.6. The number of guanidine groups is 1. The maximum absolute atomic E-state index is 11.8. The van der Waals surface area contributed by atoms with Gasteiger partial charge in [-0.3, -0.25) is 4.99 Å². The minimum atomic E-state index is -2.85. The van der Waals surface area contributed by atoms with Gasteiger partial charge in [0, 0.05) is 32.8 Å². The molecule has 1 N–H and O–H groups in total. The smallest absolute Gasteiger partial charge is 0.194 e. The van der Waals surface area contributed by atoms with Crippen LogP contribution >= 0.6 is 24.0 Å². The van der Waals surface area contributed by atoms with Crippen LogP contribution in [0.15, 0.2) is 4.99 Å². The maximum Gasteiger partial charge on any atom is 0.194 e. The average molecular weight is 528 g/mol. The molecule has 3 aliphatic rings. The van der Waals surface area contributed by atoms with Gasteiger partial charge in [-0.25, -0.2) is 8.42 Å². The topological polar surface area (TPSA) is 71.0 Å². The number of nitrogens with zero attached hydrogens (tertiary/aromatic N) is 2. The third-order valence-electron chi connectivity index (χ3n) is 5.94. The van der Waals surface area contributed by atoms with Gasteiger partial charge in [0.15, 0.2) is 15.8 Å². The standard InChI is InChI=1S/C20H37N3O3S.HI/c1-16-10-20(2,3)15-23(13-16)19(22-12-18-6-4-5-8-26-18)21-11-17-7-9-27(24,25)14-17;/h16-18H,4-15H2,1-3H3,(H,21,22);1H. The van der Waals surface area contributed by atoms with Crippen molar-refractivity contribution in [1.82, 2.24) is 10.2 Å². The van der Waals surface area contributed by atoms with E-state index in [9.17, 15) is 8.42 Å². The number of ether oxygens (including phenoxy) is 1. The van der Waals surface area contributed by atoms with Crippen LogP contribution in [-0.4, -0.2) is 69.7 Å². The van der Waals surface area contributed by atoms with Crippen molar-refractivity contribution >= 4 is 39.8 Å². The van der Waals surface area contributed by atoms with Crippen molar-refractivity contribution in [2.24, 2.45) is 22.2 Å². The molecule has 0 aromatic heterocycles. The zero-order valence-corrected chi connectivity index (χ0v) is 20.8. The zero-order chi connectivity index (χ0) is 19.5. The van der Waals surface area contributed by atoms with Crippen LogP contribution in [0, 0.1) is 17.3 Å². The molecule has 3 atom stereocenters. The third-order valence-corrected chi connectivity index (χ3v) is 7.78. The van der Waals surface area contributed by atoms with E-state index in [-0.39, 0.29) is 47.2 Å². The predicted octanol–water partition coefficient (Wildman–Crippen LogP) is 2.92. The molecule has 6 nitrogen and oxygen atoms in total. The fourth-order valence-electron chi connectivity index (χ4n) is 4.86. The number of likely N-dealkylation sites (tertiary alicyclic amines) is 1. The normalized spacial score (nSPS) is 32.6. The number of sulfone groups is 1. The third kappa shape index (κ3) is 7.31. The summed E-state index contributed by atoms with van der Waals surface area (Å²) < 4.78 is 29.4. The van der Waals surface area contributed by atoms with Gasteiger partial charge in [0.25, 0.3) is 0 Å². The summed E-state index contributed by atoms with van der Waals surface area (Å²) in [4.78, 5) is 7.27. The second-order valence-corrected chi connectivity index (χ2v) is 11.9. The average Bonchev–Trinajstić information content (AvgIpc) is 2.93. The van der Waals surface area contributed by atoms with E-state index in [1.54, 1.807) is 0 Å². The summed E-state index contributed by atoms with van der Waals surface area (Å²) in [7, 11) is -2.85.